The van der Waals surface area contributed by atoms with Crippen LogP contribution in [0.1, 0.15) is 10.4 Å². The molecule has 23 heavy (non-hydrogen) atoms. The van der Waals surface area contributed by atoms with E-state index >= 15 is 0 Å². The van der Waals surface area contributed by atoms with Crippen molar-refractivity contribution in [3.63, 3.8) is 0 Å². The van der Waals surface area contributed by atoms with Gasteiger partial charge in [-0.25, -0.2) is 13.2 Å². The smallest absolute Gasteiger partial charge is 0.341 e. The third-order valence-corrected chi connectivity index (χ3v) is 5.22. The van der Waals surface area contributed by atoms with Gasteiger partial charge in [-0.2, -0.15) is 0 Å². The number of anilines is 1. The molecule has 6 nitrogen and oxygen atoms in total. The molecule has 0 heterocycles. The fourth-order valence-corrected chi connectivity index (χ4v) is 3.59. The summed E-state index contributed by atoms with van der Waals surface area (Å²) in [5.41, 5.74) is -0.0394. The van der Waals surface area contributed by atoms with Crippen LogP contribution in [-0.4, -0.2) is 26.6 Å². The van der Waals surface area contributed by atoms with E-state index in [1.165, 1.54) is 37.4 Å². The van der Waals surface area contributed by atoms with Crippen LogP contribution in [-0.2, 0) is 14.8 Å². The van der Waals surface area contributed by atoms with E-state index in [2.05, 4.69) is 9.46 Å². The van der Waals surface area contributed by atoms with Gasteiger partial charge in [0.05, 0.1) is 22.8 Å². The van der Waals surface area contributed by atoms with E-state index < -0.39 is 21.7 Å². The minimum Gasteiger partial charge on any atom is -0.507 e. The number of sulfonamides is 1. The van der Waals surface area contributed by atoms with Crippen LogP contribution in [0.2, 0.25) is 10.0 Å². The van der Waals surface area contributed by atoms with Gasteiger partial charge in [0.15, 0.2) is 0 Å². The highest BCUT2D eigenvalue weighted by molar-refractivity contribution is 7.92. The van der Waals surface area contributed by atoms with Gasteiger partial charge in [-0.3, -0.25) is 4.72 Å². The molecule has 0 saturated heterocycles. The maximum atomic E-state index is 12.3. The molecule has 0 fully saturated rings. The van der Waals surface area contributed by atoms with Crippen molar-refractivity contribution in [1.29, 1.82) is 0 Å². The number of halogens is 2. The summed E-state index contributed by atoms with van der Waals surface area (Å²) < 4.78 is 31.4. The van der Waals surface area contributed by atoms with Crippen LogP contribution in [0.25, 0.3) is 0 Å². The van der Waals surface area contributed by atoms with Crippen molar-refractivity contribution in [3.8, 4) is 5.75 Å². The van der Waals surface area contributed by atoms with Gasteiger partial charge < -0.3 is 9.84 Å². The summed E-state index contributed by atoms with van der Waals surface area (Å²) in [6.07, 6.45) is 0. The molecule has 122 valence electrons. The first-order valence-corrected chi connectivity index (χ1v) is 8.38. The Morgan fingerprint density at radius 1 is 1.22 bits per heavy atom. The van der Waals surface area contributed by atoms with Gasteiger partial charge in [0.1, 0.15) is 16.2 Å². The van der Waals surface area contributed by atoms with Gasteiger partial charge >= 0.3 is 5.97 Å². The van der Waals surface area contributed by atoms with Crippen molar-refractivity contribution in [2.45, 2.75) is 4.90 Å². The lowest BCUT2D eigenvalue weighted by molar-refractivity contribution is 0.0597. The van der Waals surface area contributed by atoms with E-state index in [0.29, 0.717) is 0 Å². The summed E-state index contributed by atoms with van der Waals surface area (Å²) in [4.78, 5) is 11.2. The van der Waals surface area contributed by atoms with E-state index in [-0.39, 0.29) is 26.2 Å². The Balaban J connectivity index is 2.36. The lowest BCUT2D eigenvalue weighted by Gasteiger charge is -2.11. The predicted molar refractivity (Wildman–Crippen MR) is 86.7 cm³/mol. The highest BCUT2D eigenvalue weighted by Crippen LogP contribution is 2.31. The number of phenolic OH excluding ortho intramolecular Hbond substituents is 1. The van der Waals surface area contributed by atoms with Crippen LogP contribution in [0.4, 0.5) is 5.69 Å². The zero-order chi connectivity index (χ0) is 17.2. The number of phenols is 1. The van der Waals surface area contributed by atoms with Gasteiger partial charge in [-0.15, -0.1) is 0 Å². The summed E-state index contributed by atoms with van der Waals surface area (Å²) in [7, 11) is -2.85. The zero-order valence-corrected chi connectivity index (χ0v) is 14.0. The van der Waals surface area contributed by atoms with E-state index in [9.17, 15) is 18.3 Å². The van der Waals surface area contributed by atoms with Crippen LogP contribution in [0, 0.1) is 0 Å². The maximum Gasteiger partial charge on any atom is 0.341 e. The molecular weight excluding hydrogens is 365 g/mol. The molecule has 0 bridgehead atoms. The minimum absolute atomic E-state index is 0.0474. The molecule has 0 aliphatic rings. The number of benzene rings is 2. The normalized spacial score (nSPS) is 11.1. The number of hydrogen-bond donors (Lipinski definition) is 2. The Morgan fingerprint density at radius 2 is 1.91 bits per heavy atom. The van der Waals surface area contributed by atoms with Crippen LogP contribution in [0.3, 0.4) is 0 Å². The molecule has 9 heteroatoms. The minimum atomic E-state index is -4.02. The van der Waals surface area contributed by atoms with E-state index in [0.717, 1.165) is 6.07 Å². The second-order valence-electron chi connectivity index (χ2n) is 4.38. The summed E-state index contributed by atoms with van der Waals surface area (Å²) in [5, 5.41) is 9.76. The van der Waals surface area contributed by atoms with Crippen molar-refractivity contribution in [2.24, 2.45) is 0 Å². The lowest BCUT2D eigenvalue weighted by Crippen LogP contribution is -2.14. The Bertz CT molecular complexity index is 867. The molecule has 2 rings (SSSR count). The van der Waals surface area contributed by atoms with Crippen molar-refractivity contribution in [3.05, 3.63) is 52.0 Å². The van der Waals surface area contributed by atoms with E-state index in [1.807, 2.05) is 0 Å². The standard InChI is InChI=1S/C14H11Cl2NO5S/c1-22-14(19)9-6-5-8(7-11(9)18)17-23(20,21)12-4-2-3-10(15)13(12)16/h2-7,17-18H,1H3. The Hall–Kier alpha value is -1.96. The average Bonchev–Trinajstić information content (AvgIpc) is 2.48. The van der Waals surface area contributed by atoms with Gasteiger partial charge in [0.25, 0.3) is 10.0 Å². The molecule has 2 aromatic carbocycles. The molecule has 2 aromatic rings. The Morgan fingerprint density at radius 3 is 2.52 bits per heavy atom. The highest BCUT2D eigenvalue weighted by atomic mass is 35.5. The van der Waals surface area contributed by atoms with Gasteiger partial charge in [0.2, 0.25) is 0 Å². The van der Waals surface area contributed by atoms with Crippen molar-refractivity contribution in [1.82, 2.24) is 0 Å². The summed E-state index contributed by atoms with van der Waals surface area (Å²) in [5.74, 6) is -1.16. The monoisotopic (exact) mass is 375 g/mol. The maximum absolute atomic E-state index is 12.3. The molecule has 0 radical (unpaired) electrons. The SMILES string of the molecule is COC(=O)c1ccc(NS(=O)(=O)c2cccc(Cl)c2Cl)cc1O. The first kappa shape index (κ1) is 17.4. The molecule has 2 N–H and O–H groups in total. The number of esters is 1. The quantitative estimate of drug-likeness (QED) is 0.799. The Labute approximate surface area is 142 Å². The first-order chi connectivity index (χ1) is 10.8. The molecule has 0 unspecified atom stereocenters. The van der Waals surface area contributed by atoms with Crippen LogP contribution in [0.5, 0.6) is 5.75 Å². The summed E-state index contributed by atoms with van der Waals surface area (Å²) in [6.45, 7) is 0. The van der Waals surface area contributed by atoms with E-state index in [4.69, 9.17) is 23.2 Å². The number of nitrogens with one attached hydrogen (secondary N) is 1. The molecule has 0 aromatic heterocycles. The third kappa shape index (κ3) is 3.69. The number of carbonyl (C=O) groups is 1. The van der Waals surface area contributed by atoms with Gasteiger partial charge in [0, 0.05) is 6.07 Å². The second-order valence-corrected chi connectivity index (χ2v) is 6.82. The van der Waals surface area contributed by atoms with Crippen LogP contribution in [0.15, 0.2) is 41.3 Å². The van der Waals surface area contributed by atoms with E-state index in [1.54, 1.807) is 0 Å². The molecule has 0 amide bonds. The van der Waals surface area contributed by atoms with Gasteiger partial charge in [-0.05, 0) is 24.3 Å². The number of ether oxygens (including phenoxy) is 1. The number of methoxy groups -OCH3 is 1. The Kier molecular flexibility index (Phi) is 5.03. The molecule has 0 spiro atoms. The average molecular weight is 376 g/mol. The highest BCUT2D eigenvalue weighted by Gasteiger charge is 2.20. The topological polar surface area (TPSA) is 92.7 Å². The van der Waals surface area contributed by atoms with Crippen molar-refractivity contribution in [2.75, 3.05) is 11.8 Å². The fourth-order valence-electron chi connectivity index (χ4n) is 1.78. The van der Waals surface area contributed by atoms with Crippen molar-refractivity contribution >= 4 is 44.9 Å². The summed E-state index contributed by atoms with van der Waals surface area (Å²) >= 11 is 11.7. The first-order valence-electron chi connectivity index (χ1n) is 6.14. The van der Waals surface area contributed by atoms with Crippen LogP contribution < -0.4 is 4.72 Å². The predicted octanol–water partition coefficient (Wildman–Crippen LogP) is 3.29. The molecule has 0 atom stereocenters. The molecular formula is C14H11Cl2NO5S. The third-order valence-electron chi connectivity index (χ3n) is 2.86. The number of carbonyl (C=O) groups excluding carboxylic acids is 1. The number of aromatic hydroxyl groups is 1. The van der Waals surface area contributed by atoms with Gasteiger partial charge in [-0.1, -0.05) is 29.3 Å². The van der Waals surface area contributed by atoms with Crippen molar-refractivity contribution < 1.29 is 23.1 Å². The largest absolute Gasteiger partial charge is 0.507 e. The number of hydrogen-bond acceptors (Lipinski definition) is 5. The lowest BCUT2D eigenvalue weighted by atomic mass is 10.2. The zero-order valence-electron chi connectivity index (χ0n) is 11.7. The second kappa shape index (κ2) is 6.66. The molecule has 0 aliphatic heterocycles. The number of rotatable bonds is 4. The summed E-state index contributed by atoms with van der Waals surface area (Å²) in [6, 6.07) is 7.82. The molecule has 0 aliphatic carbocycles. The molecule has 0 saturated carbocycles. The fraction of sp³-hybridized carbons (Fsp3) is 0.0714. The van der Waals surface area contributed by atoms with Crippen LogP contribution >= 0.6 is 23.2 Å².